The molecule has 0 aromatic rings. The highest BCUT2D eigenvalue weighted by atomic mass is 32.3. The number of hydrogen-bond acceptors (Lipinski definition) is 4. The largest absolute Gasteiger partial charge is 0.498 e. The maximum Gasteiger partial charge on any atom is 0.498 e. The second-order valence-electron chi connectivity index (χ2n) is 4.31. The summed E-state index contributed by atoms with van der Waals surface area (Å²) in [5.41, 5.74) is -12.2. The van der Waals surface area contributed by atoms with Crippen LogP contribution >= 0.6 is 0 Å². The van der Waals surface area contributed by atoms with Crippen LogP contribution in [0, 0.1) is 0 Å². The van der Waals surface area contributed by atoms with Crippen molar-refractivity contribution in [2.75, 3.05) is 0 Å². The first-order valence-electron chi connectivity index (χ1n) is 5.74. The minimum Gasteiger partial charge on any atom is -0.218 e. The number of hydrogen-bond donors (Lipinski definition) is 0. The monoisotopic (exact) mass is 364 g/mol. The molecule has 0 heterocycles. The van der Waals surface area contributed by atoms with E-state index in [1.165, 1.54) is 0 Å². The molecule has 0 saturated heterocycles. The van der Waals surface area contributed by atoms with E-state index in [1.807, 2.05) is 0 Å². The first kappa shape index (κ1) is 20.5. The molecule has 0 saturated carbocycles. The van der Waals surface area contributed by atoms with Gasteiger partial charge in [-0.3, -0.25) is 0 Å². The average Bonchev–Trinajstić information content (AvgIpc) is 2.24. The molecule has 0 bridgehead atoms. The van der Waals surface area contributed by atoms with Crippen LogP contribution in [0.4, 0.5) is 26.3 Å². The number of rotatable bonds is 6. The van der Waals surface area contributed by atoms with E-state index in [4.69, 9.17) is 0 Å². The van der Waals surface area contributed by atoms with E-state index in [0.717, 1.165) is 13.8 Å². The molecule has 0 aliphatic rings. The third-order valence-electron chi connectivity index (χ3n) is 2.85. The highest BCUT2D eigenvalue weighted by Crippen LogP contribution is 2.48. The van der Waals surface area contributed by atoms with Gasteiger partial charge in [0.25, 0.3) is 19.7 Å². The molecule has 12 heteroatoms. The Bertz CT molecular complexity index is 506. The maximum absolute atomic E-state index is 12.7. The molecule has 0 N–H and O–H groups in total. The Hall–Kier alpha value is -0.520. The summed E-state index contributed by atoms with van der Waals surface area (Å²) in [5, 5.41) is 0. The molecule has 0 aromatic carbocycles. The minimum atomic E-state index is -6.57. The van der Waals surface area contributed by atoms with E-state index in [2.05, 4.69) is 0 Å². The molecule has 0 amide bonds. The molecule has 0 spiro atoms. The van der Waals surface area contributed by atoms with Crippen LogP contribution in [0.5, 0.6) is 0 Å². The van der Waals surface area contributed by atoms with Crippen LogP contribution in [0.1, 0.15) is 39.5 Å². The third kappa shape index (κ3) is 3.15. The maximum atomic E-state index is 12.7. The predicted molar refractivity (Wildman–Crippen MR) is 62.5 cm³/mol. The molecule has 0 fully saturated rings. The van der Waals surface area contributed by atoms with Crippen molar-refractivity contribution in [3.63, 3.8) is 0 Å². The smallest absolute Gasteiger partial charge is 0.218 e. The normalized spacial score (nSPS) is 15.2. The molecule has 0 rings (SSSR count). The van der Waals surface area contributed by atoms with Crippen LogP contribution in [0.15, 0.2) is 0 Å². The lowest BCUT2D eigenvalue weighted by atomic mass is 10.1. The van der Waals surface area contributed by atoms with E-state index in [-0.39, 0.29) is 0 Å². The summed E-state index contributed by atoms with van der Waals surface area (Å²) in [5.74, 6) is 0. The van der Waals surface area contributed by atoms with Crippen LogP contribution in [0.3, 0.4) is 0 Å². The zero-order valence-electron chi connectivity index (χ0n) is 11.0. The molecule has 0 aliphatic carbocycles. The van der Waals surface area contributed by atoms with Crippen molar-refractivity contribution >= 4 is 19.7 Å². The molecule has 0 aliphatic heterocycles. The van der Waals surface area contributed by atoms with Gasteiger partial charge >= 0.3 is 11.0 Å². The molecule has 21 heavy (non-hydrogen) atoms. The van der Waals surface area contributed by atoms with E-state index < -0.39 is 60.5 Å². The zero-order chi connectivity index (χ0) is 17.3. The van der Waals surface area contributed by atoms with Gasteiger partial charge in [0.2, 0.25) is 0 Å². The van der Waals surface area contributed by atoms with Crippen molar-refractivity contribution in [1.29, 1.82) is 0 Å². The lowest BCUT2D eigenvalue weighted by Crippen LogP contribution is -2.55. The van der Waals surface area contributed by atoms with Gasteiger partial charge in [-0.15, -0.1) is 0 Å². The van der Waals surface area contributed by atoms with Gasteiger partial charge in [-0.25, -0.2) is 16.8 Å². The number of alkyl halides is 6. The minimum absolute atomic E-state index is 0.482. The predicted octanol–water partition coefficient (Wildman–Crippen LogP) is 3.15. The van der Waals surface area contributed by atoms with Gasteiger partial charge < -0.3 is 0 Å². The highest BCUT2D eigenvalue weighted by molar-refractivity contribution is 8.11. The summed E-state index contributed by atoms with van der Waals surface area (Å²) in [6.07, 6.45) is -3.54. The van der Waals surface area contributed by atoms with Crippen molar-refractivity contribution in [1.82, 2.24) is 0 Å². The van der Waals surface area contributed by atoms with Crippen LogP contribution in [-0.2, 0) is 19.7 Å². The Morgan fingerprint density at radius 2 is 0.905 bits per heavy atom. The molecule has 128 valence electrons. The molecule has 0 atom stereocenters. The van der Waals surface area contributed by atoms with Gasteiger partial charge in [0.15, 0.2) is 4.08 Å². The second kappa shape index (κ2) is 5.94. The topological polar surface area (TPSA) is 68.3 Å². The summed E-state index contributed by atoms with van der Waals surface area (Å²) < 4.78 is 118. The molecule has 4 nitrogen and oxygen atoms in total. The van der Waals surface area contributed by atoms with Crippen LogP contribution in [0.2, 0.25) is 0 Å². The van der Waals surface area contributed by atoms with Gasteiger partial charge in [0, 0.05) is 0 Å². The van der Waals surface area contributed by atoms with Crippen LogP contribution in [-0.4, -0.2) is 31.9 Å². The van der Waals surface area contributed by atoms with Crippen molar-refractivity contribution in [2.24, 2.45) is 0 Å². The fraction of sp³-hybridized carbons (Fsp3) is 1.00. The first-order valence-corrected chi connectivity index (χ1v) is 8.70. The average molecular weight is 364 g/mol. The number of sulfone groups is 2. The quantitative estimate of drug-likeness (QED) is 0.679. The van der Waals surface area contributed by atoms with Gasteiger partial charge in [0.05, 0.1) is 0 Å². The molecule has 0 aromatic heterocycles. The lowest BCUT2D eigenvalue weighted by molar-refractivity contribution is -0.0497. The SMILES string of the molecule is CCCC(CCC)(S(=O)(=O)C(F)(F)F)S(=O)(=O)C(F)(F)F. The Balaban J connectivity index is 6.71. The Morgan fingerprint density at radius 3 is 1.05 bits per heavy atom. The summed E-state index contributed by atoms with van der Waals surface area (Å²) >= 11 is 0. The van der Waals surface area contributed by atoms with E-state index >= 15 is 0 Å². The van der Waals surface area contributed by atoms with Crippen molar-refractivity contribution in [2.45, 2.75) is 54.6 Å². The number of halogens is 6. The van der Waals surface area contributed by atoms with E-state index in [1.54, 1.807) is 0 Å². The van der Waals surface area contributed by atoms with Crippen molar-refractivity contribution < 1.29 is 43.2 Å². The fourth-order valence-electron chi connectivity index (χ4n) is 1.99. The van der Waals surface area contributed by atoms with Gasteiger partial charge in [-0.2, -0.15) is 26.3 Å². The summed E-state index contributed by atoms with van der Waals surface area (Å²) in [6, 6.07) is 0. The highest BCUT2D eigenvalue weighted by Gasteiger charge is 2.71. The van der Waals surface area contributed by atoms with Gasteiger partial charge in [0.1, 0.15) is 0 Å². The summed E-state index contributed by atoms with van der Waals surface area (Å²) in [4.78, 5) is 0. The first-order chi connectivity index (χ1) is 9.12. The van der Waals surface area contributed by atoms with Crippen molar-refractivity contribution in [3.8, 4) is 0 Å². The Morgan fingerprint density at radius 1 is 0.667 bits per heavy atom. The standard InChI is InChI=1S/C9H14F6O4S2/c1-3-5-7(6-4-2,20(16,17)8(10,11)12)21(18,19)9(13,14)15/h3-6H2,1-2H3. The third-order valence-corrected chi connectivity index (χ3v) is 8.16. The van der Waals surface area contributed by atoms with E-state index in [0.29, 0.717) is 0 Å². The summed E-state index contributed by atoms with van der Waals surface area (Å²) in [6.45, 7) is 2.20. The van der Waals surface area contributed by atoms with Crippen LogP contribution in [0.25, 0.3) is 0 Å². The van der Waals surface area contributed by atoms with Gasteiger partial charge in [-0.05, 0) is 12.8 Å². The molecule has 0 unspecified atom stereocenters. The van der Waals surface area contributed by atoms with E-state index in [9.17, 15) is 43.2 Å². The summed E-state index contributed by atoms with van der Waals surface area (Å²) in [7, 11) is -13.1. The molecule has 0 radical (unpaired) electrons. The lowest BCUT2D eigenvalue weighted by Gasteiger charge is -2.33. The van der Waals surface area contributed by atoms with Crippen molar-refractivity contribution in [3.05, 3.63) is 0 Å². The Labute approximate surface area is 118 Å². The van der Waals surface area contributed by atoms with Gasteiger partial charge in [-0.1, -0.05) is 26.7 Å². The van der Waals surface area contributed by atoms with Crippen LogP contribution < -0.4 is 0 Å². The molecular weight excluding hydrogens is 350 g/mol. The molecular formula is C9H14F6O4S2. The zero-order valence-corrected chi connectivity index (χ0v) is 12.7. The second-order valence-corrected chi connectivity index (χ2v) is 9.07. The Kier molecular flexibility index (Phi) is 5.79. The fourth-order valence-corrected chi connectivity index (χ4v) is 6.45.